The molecule has 2 atom stereocenters. The van der Waals surface area contributed by atoms with Crippen LogP contribution in [-0.4, -0.2) is 43.8 Å². The molecule has 0 radical (unpaired) electrons. The molecule has 1 saturated heterocycles. The number of aliphatic hydroxyl groups excluding tert-OH is 1. The molecule has 1 fully saturated rings. The molecular weight excluding hydrogens is 375 g/mol. The molecule has 0 amide bonds. The van der Waals surface area contributed by atoms with E-state index in [1.165, 1.54) is 23.2 Å². The Morgan fingerprint density at radius 2 is 2.14 bits per heavy atom. The van der Waals surface area contributed by atoms with E-state index in [1.54, 1.807) is 11.8 Å². The van der Waals surface area contributed by atoms with Crippen molar-refractivity contribution < 1.29 is 18.3 Å². The molecule has 10 heteroatoms. The Bertz CT molecular complexity index is 1060. The molecule has 1 aliphatic heterocycles. The summed E-state index contributed by atoms with van der Waals surface area (Å²) in [5.41, 5.74) is -0.797. The van der Waals surface area contributed by atoms with Crippen molar-refractivity contribution in [3.8, 4) is 0 Å². The number of alkyl halides is 3. The molecule has 1 aromatic carbocycles. The number of hydrogen-bond donors (Lipinski definition) is 2. The molecule has 1 unspecified atom stereocenters. The van der Waals surface area contributed by atoms with Crippen molar-refractivity contribution >= 4 is 16.7 Å². The highest BCUT2D eigenvalue weighted by molar-refractivity contribution is 5.90. The van der Waals surface area contributed by atoms with E-state index in [4.69, 9.17) is 0 Å². The van der Waals surface area contributed by atoms with Gasteiger partial charge in [-0.2, -0.15) is 18.2 Å². The third kappa shape index (κ3) is 3.13. The molecule has 28 heavy (non-hydrogen) atoms. The van der Waals surface area contributed by atoms with E-state index in [2.05, 4.69) is 15.0 Å². The second kappa shape index (κ2) is 6.62. The lowest BCUT2D eigenvalue weighted by Gasteiger charge is -2.23. The van der Waals surface area contributed by atoms with Crippen molar-refractivity contribution in [1.82, 2.24) is 19.5 Å². The van der Waals surface area contributed by atoms with Gasteiger partial charge in [-0.25, -0.2) is 9.78 Å². The molecule has 2 aromatic heterocycles. The number of aromatic amines is 1. The van der Waals surface area contributed by atoms with E-state index in [1.807, 2.05) is 0 Å². The lowest BCUT2D eigenvalue weighted by atomic mass is 10.1. The molecule has 148 valence electrons. The Hall–Kier alpha value is -2.88. The molecule has 0 aliphatic carbocycles. The molecule has 3 heterocycles. The number of β-amino-alcohol motifs (C(OH)–C–C–N with tert-alkyl or cyclic N) is 1. The fourth-order valence-corrected chi connectivity index (χ4v) is 3.59. The number of benzene rings is 1. The summed E-state index contributed by atoms with van der Waals surface area (Å²) in [5, 5.41) is 10.2. The molecule has 0 saturated carbocycles. The summed E-state index contributed by atoms with van der Waals surface area (Å²) in [4.78, 5) is 25.5. The maximum absolute atomic E-state index is 13.3. The largest absolute Gasteiger partial charge is 0.416 e. The van der Waals surface area contributed by atoms with Gasteiger partial charge < -0.3 is 15.0 Å². The summed E-state index contributed by atoms with van der Waals surface area (Å²) in [6.45, 7) is 2.45. The first kappa shape index (κ1) is 18.5. The van der Waals surface area contributed by atoms with Crippen molar-refractivity contribution in [2.45, 2.75) is 31.7 Å². The minimum absolute atomic E-state index is 0.133. The van der Waals surface area contributed by atoms with Gasteiger partial charge in [0.2, 0.25) is 0 Å². The number of halogens is 3. The van der Waals surface area contributed by atoms with E-state index in [9.17, 15) is 23.1 Å². The van der Waals surface area contributed by atoms with E-state index in [-0.39, 0.29) is 12.1 Å². The molecule has 0 bridgehead atoms. The Morgan fingerprint density at radius 1 is 1.36 bits per heavy atom. The average Bonchev–Trinajstić information content (AvgIpc) is 3.31. The number of anilines is 1. The number of hydrogen-bond acceptors (Lipinski definition) is 5. The maximum Gasteiger partial charge on any atom is 0.416 e. The van der Waals surface area contributed by atoms with Crippen molar-refractivity contribution in [2.75, 3.05) is 18.0 Å². The summed E-state index contributed by atoms with van der Waals surface area (Å²) in [7, 11) is 0. The molecule has 7 nitrogen and oxygen atoms in total. The molecular formula is C18H18F3N5O2. The fourth-order valence-electron chi connectivity index (χ4n) is 3.59. The van der Waals surface area contributed by atoms with Gasteiger partial charge in [0.25, 0.3) is 0 Å². The van der Waals surface area contributed by atoms with Gasteiger partial charge in [0.1, 0.15) is 5.82 Å². The highest BCUT2D eigenvalue weighted by atomic mass is 19.4. The Kier molecular flexibility index (Phi) is 4.37. The Labute approximate surface area is 157 Å². The minimum atomic E-state index is -4.54. The van der Waals surface area contributed by atoms with Crippen LogP contribution in [-0.2, 0) is 6.18 Å². The maximum atomic E-state index is 13.3. The SMILES string of the molecule is CC(c1cnc[nH]1)n1c(=O)nc(N2CC[C@@H](O)C2)c2ccc(C(F)(F)F)cc21. The van der Waals surface area contributed by atoms with Gasteiger partial charge in [-0.05, 0) is 31.5 Å². The van der Waals surface area contributed by atoms with Crippen LogP contribution in [0.5, 0.6) is 0 Å². The number of nitrogens with zero attached hydrogens (tertiary/aromatic N) is 4. The van der Waals surface area contributed by atoms with Crippen molar-refractivity contribution in [1.29, 1.82) is 0 Å². The number of imidazole rings is 1. The molecule has 3 aromatic rings. The summed E-state index contributed by atoms with van der Waals surface area (Å²) >= 11 is 0. The number of H-pyrrole nitrogens is 1. The van der Waals surface area contributed by atoms with Crippen LogP contribution in [0.2, 0.25) is 0 Å². The lowest BCUT2D eigenvalue weighted by Crippen LogP contribution is -2.31. The van der Waals surface area contributed by atoms with Crippen LogP contribution >= 0.6 is 0 Å². The highest BCUT2D eigenvalue weighted by Crippen LogP contribution is 2.35. The molecule has 1 aliphatic rings. The van der Waals surface area contributed by atoms with E-state index in [0.717, 1.165) is 12.1 Å². The van der Waals surface area contributed by atoms with Gasteiger partial charge in [0, 0.05) is 18.5 Å². The predicted molar refractivity (Wildman–Crippen MR) is 96.2 cm³/mol. The van der Waals surface area contributed by atoms with Crippen molar-refractivity contribution in [3.05, 3.63) is 52.5 Å². The van der Waals surface area contributed by atoms with Gasteiger partial charge in [0.15, 0.2) is 0 Å². The third-order valence-electron chi connectivity index (χ3n) is 5.05. The molecule has 2 N–H and O–H groups in total. The first-order chi connectivity index (χ1) is 13.3. The first-order valence-electron chi connectivity index (χ1n) is 8.80. The fraction of sp³-hybridized carbons (Fsp3) is 0.389. The van der Waals surface area contributed by atoms with Crippen LogP contribution in [0.4, 0.5) is 19.0 Å². The number of aliphatic hydroxyl groups is 1. The van der Waals surface area contributed by atoms with Crippen LogP contribution in [0, 0.1) is 0 Å². The average molecular weight is 393 g/mol. The topological polar surface area (TPSA) is 87.0 Å². The summed E-state index contributed by atoms with van der Waals surface area (Å²) in [6.07, 6.45) is -1.64. The highest BCUT2D eigenvalue weighted by Gasteiger charge is 2.32. The Morgan fingerprint density at radius 3 is 2.75 bits per heavy atom. The smallest absolute Gasteiger partial charge is 0.391 e. The number of nitrogens with one attached hydrogen (secondary N) is 1. The van der Waals surface area contributed by atoms with Crippen LogP contribution in [0.3, 0.4) is 0 Å². The monoisotopic (exact) mass is 393 g/mol. The zero-order valence-corrected chi connectivity index (χ0v) is 14.9. The normalized spacial score (nSPS) is 18.8. The Balaban J connectivity index is 1.97. The standard InChI is InChI=1S/C18H18F3N5O2/c1-10(14-7-22-9-23-14)26-15-6-11(18(19,20)21)2-3-13(15)16(24-17(26)28)25-5-4-12(27)8-25/h2-3,6-7,9-10,12,27H,4-5,8H2,1H3,(H,22,23)/t10?,12-/m1/s1. The van der Waals surface area contributed by atoms with Crippen LogP contribution < -0.4 is 10.6 Å². The molecule has 4 rings (SSSR count). The quantitative estimate of drug-likeness (QED) is 0.713. The zero-order valence-electron chi connectivity index (χ0n) is 14.9. The van der Waals surface area contributed by atoms with E-state index >= 15 is 0 Å². The number of fused-ring (bicyclic) bond motifs is 1. The zero-order chi connectivity index (χ0) is 20.1. The van der Waals surface area contributed by atoms with Gasteiger partial charge in [-0.15, -0.1) is 0 Å². The third-order valence-corrected chi connectivity index (χ3v) is 5.05. The number of aromatic nitrogens is 4. The lowest BCUT2D eigenvalue weighted by molar-refractivity contribution is -0.137. The first-order valence-corrected chi connectivity index (χ1v) is 8.80. The molecule has 0 spiro atoms. The van der Waals surface area contributed by atoms with Crippen LogP contribution in [0.25, 0.3) is 10.9 Å². The summed E-state index contributed by atoms with van der Waals surface area (Å²) in [5.74, 6) is 0.290. The van der Waals surface area contributed by atoms with Gasteiger partial charge in [-0.1, -0.05) is 0 Å². The van der Waals surface area contributed by atoms with Crippen LogP contribution in [0.1, 0.15) is 30.6 Å². The van der Waals surface area contributed by atoms with Crippen LogP contribution in [0.15, 0.2) is 35.5 Å². The minimum Gasteiger partial charge on any atom is -0.391 e. The second-order valence-electron chi connectivity index (χ2n) is 6.89. The van der Waals surface area contributed by atoms with Gasteiger partial charge in [-0.3, -0.25) is 4.57 Å². The predicted octanol–water partition coefficient (Wildman–Crippen LogP) is 2.32. The summed E-state index contributed by atoms with van der Waals surface area (Å²) < 4.78 is 41.2. The summed E-state index contributed by atoms with van der Waals surface area (Å²) in [6, 6.07) is 2.70. The number of rotatable bonds is 3. The van der Waals surface area contributed by atoms with Gasteiger partial charge in [0.05, 0.1) is 41.4 Å². The second-order valence-corrected chi connectivity index (χ2v) is 6.89. The van der Waals surface area contributed by atoms with E-state index < -0.39 is 29.6 Å². The van der Waals surface area contributed by atoms with Gasteiger partial charge >= 0.3 is 11.9 Å². The van der Waals surface area contributed by atoms with Crippen molar-refractivity contribution in [3.63, 3.8) is 0 Å². The van der Waals surface area contributed by atoms with E-state index in [0.29, 0.717) is 29.9 Å². The van der Waals surface area contributed by atoms with Crippen molar-refractivity contribution in [2.24, 2.45) is 0 Å².